The van der Waals surface area contributed by atoms with Crippen molar-refractivity contribution in [1.29, 1.82) is 0 Å². The van der Waals surface area contributed by atoms with E-state index in [1.165, 1.54) is 11.1 Å². The molecule has 1 atom stereocenters. The number of hydrogen-bond acceptors (Lipinski definition) is 3. The van der Waals surface area contributed by atoms with Gasteiger partial charge in [-0.1, -0.05) is 170 Å². The van der Waals surface area contributed by atoms with Gasteiger partial charge in [0.05, 0.1) is 11.4 Å². The van der Waals surface area contributed by atoms with Gasteiger partial charge in [-0.05, 0) is 98.7 Å². The van der Waals surface area contributed by atoms with E-state index in [2.05, 4.69) is 164 Å². The zero-order valence-corrected chi connectivity index (χ0v) is 32.3. The number of hydrogen-bond donors (Lipinski definition) is 0. The summed E-state index contributed by atoms with van der Waals surface area (Å²) in [6.45, 7) is 1.89. The van der Waals surface area contributed by atoms with Crippen LogP contribution in [0.3, 0.4) is 0 Å². The molecule has 9 aromatic rings. The maximum absolute atomic E-state index is 13.8. The van der Waals surface area contributed by atoms with Gasteiger partial charge in [0.1, 0.15) is 7.14 Å². The maximum atomic E-state index is 13.8. The highest BCUT2D eigenvalue weighted by Gasteiger charge is 2.34. The molecule has 1 aromatic heterocycles. The molecule has 270 valence electrons. The van der Waals surface area contributed by atoms with Gasteiger partial charge >= 0.3 is 0 Å². The predicted molar refractivity (Wildman–Crippen MR) is 238 cm³/mol. The molecule has 0 saturated carbocycles. The third-order valence-corrected chi connectivity index (χ3v) is 13.7. The first kappa shape index (κ1) is 34.6. The van der Waals surface area contributed by atoms with Crippen LogP contribution in [0.2, 0.25) is 0 Å². The van der Waals surface area contributed by atoms with Crippen LogP contribution in [0.25, 0.3) is 89.5 Å². The summed E-state index contributed by atoms with van der Waals surface area (Å²) in [6, 6.07) is 71.9. The lowest BCUT2D eigenvalue weighted by Gasteiger charge is -2.12. The van der Waals surface area contributed by atoms with Crippen molar-refractivity contribution in [2.24, 2.45) is 0 Å². The van der Waals surface area contributed by atoms with E-state index < -0.39 is 7.14 Å². The van der Waals surface area contributed by atoms with Crippen molar-refractivity contribution in [3.05, 3.63) is 206 Å². The summed E-state index contributed by atoms with van der Waals surface area (Å²) in [5, 5.41) is 1.91. The monoisotopic (exact) mass is 748 g/mol. The molecule has 0 saturated heterocycles. The lowest BCUT2D eigenvalue weighted by Crippen LogP contribution is -2.07. The minimum absolute atomic E-state index is 0.693. The van der Waals surface area contributed by atoms with Gasteiger partial charge < -0.3 is 4.57 Å². The summed E-state index contributed by atoms with van der Waals surface area (Å²) in [7, 11) is -2.60. The van der Waals surface area contributed by atoms with Crippen molar-refractivity contribution in [3.8, 4) is 89.5 Å². The molecular formula is C53H37N2OP. The lowest BCUT2D eigenvalue weighted by molar-refractivity contribution is 0.591. The van der Waals surface area contributed by atoms with Gasteiger partial charge in [0.25, 0.3) is 0 Å². The fourth-order valence-corrected chi connectivity index (χ4v) is 10.3. The van der Waals surface area contributed by atoms with Gasteiger partial charge in [0.15, 0.2) is 5.82 Å². The molecule has 1 aliphatic rings. The van der Waals surface area contributed by atoms with E-state index in [9.17, 15) is 4.57 Å². The average Bonchev–Trinajstić information content (AvgIpc) is 3.52. The van der Waals surface area contributed by atoms with Crippen LogP contribution >= 0.6 is 7.14 Å². The van der Waals surface area contributed by atoms with Gasteiger partial charge in [0, 0.05) is 27.3 Å². The Morgan fingerprint density at radius 1 is 0.316 bits per heavy atom. The van der Waals surface area contributed by atoms with Gasteiger partial charge in [-0.25, -0.2) is 9.97 Å². The number of fused-ring (bicyclic) bond motifs is 3. The van der Waals surface area contributed by atoms with Gasteiger partial charge in [0.2, 0.25) is 0 Å². The molecular weight excluding hydrogens is 712 g/mol. The minimum Gasteiger partial charge on any atom is -0.314 e. The summed E-state index contributed by atoms with van der Waals surface area (Å²) < 4.78 is 13.8. The van der Waals surface area contributed by atoms with Crippen molar-refractivity contribution >= 4 is 17.8 Å². The molecule has 0 N–H and O–H groups in total. The topological polar surface area (TPSA) is 42.9 Å². The molecule has 1 unspecified atom stereocenters. The Morgan fingerprint density at radius 2 is 0.719 bits per heavy atom. The summed E-state index contributed by atoms with van der Waals surface area (Å²) in [5.41, 5.74) is 16.1. The molecule has 0 bridgehead atoms. The standard InChI is InChI=1S/C53H37N2OP/c1-57(56)51-24-9-8-23-47(51)48-34-45(29-30-52(48)57)43-20-11-18-41(32-43)40-17-10-19-42(31-40)44-21-12-22-46(33-44)50-35-49(54-53(55-50)39-15-6-3-7-16-39)38-27-25-37(26-28-38)36-13-4-2-5-14-36/h2-35H,1H3. The third kappa shape index (κ3) is 6.53. The maximum Gasteiger partial charge on any atom is 0.160 e. The second-order valence-electron chi connectivity index (χ2n) is 14.7. The van der Waals surface area contributed by atoms with Crippen molar-refractivity contribution in [2.45, 2.75) is 0 Å². The van der Waals surface area contributed by atoms with E-state index in [0.29, 0.717) is 5.82 Å². The van der Waals surface area contributed by atoms with Crippen molar-refractivity contribution in [2.75, 3.05) is 6.66 Å². The van der Waals surface area contributed by atoms with E-state index in [-0.39, 0.29) is 0 Å². The number of benzene rings is 8. The van der Waals surface area contributed by atoms with Crippen LogP contribution in [0.15, 0.2) is 206 Å². The Kier molecular flexibility index (Phi) is 8.66. The van der Waals surface area contributed by atoms with Crippen LogP contribution in [-0.2, 0) is 4.57 Å². The first-order valence-corrected chi connectivity index (χ1v) is 21.4. The average molecular weight is 749 g/mol. The van der Waals surface area contributed by atoms with Crippen LogP contribution in [0.1, 0.15) is 0 Å². The third-order valence-electron chi connectivity index (χ3n) is 11.0. The highest BCUT2D eigenvalue weighted by molar-refractivity contribution is 7.79. The van der Waals surface area contributed by atoms with E-state index >= 15 is 0 Å². The van der Waals surface area contributed by atoms with Crippen LogP contribution in [0.4, 0.5) is 0 Å². The molecule has 10 rings (SSSR count). The quantitative estimate of drug-likeness (QED) is 0.152. The summed E-state index contributed by atoms with van der Waals surface area (Å²) in [4.78, 5) is 10.2. The fourth-order valence-electron chi connectivity index (χ4n) is 8.04. The Bertz CT molecular complexity index is 2990. The van der Waals surface area contributed by atoms with Crippen molar-refractivity contribution in [3.63, 3.8) is 0 Å². The fraction of sp³-hybridized carbons (Fsp3) is 0.0189. The van der Waals surface area contributed by atoms with Crippen molar-refractivity contribution in [1.82, 2.24) is 9.97 Å². The van der Waals surface area contributed by atoms with Crippen LogP contribution in [-0.4, -0.2) is 16.6 Å². The van der Waals surface area contributed by atoms with E-state index in [1.54, 1.807) is 0 Å². The minimum atomic E-state index is -2.60. The summed E-state index contributed by atoms with van der Waals surface area (Å²) >= 11 is 0. The molecule has 8 aromatic carbocycles. The number of aromatic nitrogens is 2. The Balaban J connectivity index is 0.986. The Hall–Kier alpha value is -6.93. The van der Waals surface area contributed by atoms with Crippen LogP contribution in [0.5, 0.6) is 0 Å². The Labute approximate surface area is 333 Å². The molecule has 57 heavy (non-hydrogen) atoms. The highest BCUT2D eigenvalue weighted by atomic mass is 31.2. The first-order valence-electron chi connectivity index (χ1n) is 19.2. The highest BCUT2D eigenvalue weighted by Crippen LogP contribution is 2.50. The zero-order chi connectivity index (χ0) is 38.3. The molecule has 1 aliphatic heterocycles. The predicted octanol–water partition coefficient (Wildman–Crippen LogP) is 13.1. The molecule has 2 heterocycles. The van der Waals surface area contributed by atoms with E-state index in [1.807, 2.05) is 49.1 Å². The van der Waals surface area contributed by atoms with Gasteiger partial charge in [-0.3, -0.25) is 0 Å². The first-order chi connectivity index (χ1) is 28.0. The van der Waals surface area contributed by atoms with Gasteiger partial charge in [-0.15, -0.1) is 0 Å². The smallest absolute Gasteiger partial charge is 0.160 e. The molecule has 4 heteroatoms. The van der Waals surface area contributed by atoms with Crippen LogP contribution in [0, 0.1) is 0 Å². The second kappa shape index (κ2) is 14.3. The molecule has 0 fully saturated rings. The van der Waals surface area contributed by atoms with E-state index in [4.69, 9.17) is 9.97 Å². The normalized spacial score (nSPS) is 14.2. The lowest BCUT2D eigenvalue weighted by atomic mass is 9.94. The number of nitrogens with zero attached hydrogens (tertiary/aromatic N) is 2. The summed E-state index contributed by atoms with van der Waals surface area (Å²) in [5.74, 6) is 0.693. The molecule has 0 aliphatic carbocycles. The SMILES string of the molecule is CP1(=O)c2ccccc2-c2cc(-c3cccc(-c4cccc(-c5cccc(-c6cc(-c7ccc(-c8ccccc8)cc7)nc(-c7ccccc7)n6)c5)c4)c3)ccc21. The van der Waals surface area contributed by atoms with Gasteiger partial charge in [-0.2, -0.15) is 0 Å². The molecule has 0 amide bonds. The second-order valence-corrected chi connectivity index (χ2v) is 17.5. The van der Waals surface area contributed by atoms with E-state index in [0.717, 1.165) is 83.2 Å². The zero-order valence-electron chi connectivity index (χ0n) is 31.4. The Morgan fingerprint density at radius 3 is 1.33 bits per heavy atom. The van der Waals surface area contributed by atoms with Crippen molar-refractivity contribution < 1.29 is 4.57 Å². The molecule has 0 radical (unpaired) electrons. The number of rotatable bonds is 7. The molecule has 0 spiro atoms. The largest absolute Gasteiger partial charge is 0.314 e. The summed E-state index contributed by atoms with van der Waals surface area (Å²) in [6.07, 6.45) is 0. The van der Waals surface area contributed by atoms with Crippen LogP contribution < -0.4 is 10.6 Å². The molecule has 3 nitrogen and oxygen atoms in total.